The lowest BCUT2D eigenvalue weighted by Gasteiger charge is -2.31. The van der Waals surface area contributed by atoms with Gasteiger partial charge in [-0.05, 0) is 25.1 Å². The SMILES string of the molecule is Cc1ccc(S(=O)(=O)N[C@@H]2C=C[C@H](CC(=O)NCc3ccncn3)O[C@@H]2CO)cc1. The van der Waals surface area contributed by atoms with Crippen molar-refractivity contribution in [1.82, 2.24) is 20.0 Å². The van der Waals surface area contributed by atoms with E-state index in [4.69, 9.17) is 4.74 Å². The summed E-state index contributed by atoms with van der Waals surface area (Å²) < 4.78 is 33.5. The second-order valence-corrected chi connectivity index (χ2v) is 8.64. The molecule has 2 heterocycles. The van der Waals surface area contributed by atoms with Crippen molar-refractivity contribution in [2.45, 2.75) is 43.0 Å². The van der Waals surface area contributed by atoms with Gasteiger partial charge in [-0.1, -0.05) is 29.8 Å². The van der Waals surface area contributed by atoms with Crippen molar-refractivity contribution in [3.63, 3.8) is 0 Å². The van der Waals surface area contributed by atoms with E-state index in [0.29, 0.717) is 5.69 Å². The van der Waals surface area contributed by atoms with Gasteiger partial charge in [0.1, 0.15) is 12.4 Å². The molecule has 1 aliphatic rings. The number of aliphatic hydroxyl groups excluding tert-OH is 1. The Morgan fingerprint density at radius 3 is 2.63 bits per heavy atom. The number of rotatable bonds is 8. The van der Waals surface area contributed by atoms with Crippen molar-refractivity contribution in [1.29, 1.82) is 0 Å². The molecular formula is C20H24N4O5S. The fourth-order valence-electron chi connectivity index (χ4n) is 2.94. The molecule has 0 bridgehead atoms. The number of sulfonamides is 1. The first-order valence-electron chi connectivity index (χ1n) is 9.42. The quantitative estimate of drug-likeness (QED) is 0.517. The Hall–Kier alpha value is -2.66. The Morgan fingerprint density at radius 1 is 1.20 bits per heavy atom. The zero-order valence-electron chi connectivity index (χ0n) is 16.4. The number of nitrogens with one attached hydrogen (secondary N) is 2. The van der Waals surface area contributed by atoms with Crippen LogP contribution < -0.4 is 10.0 Å². The highest BCUT2D eigenvalue weighted by molar-refractivity contribution is 7.89. The highest BCUT2D eigenvalue weighted by Crippen LogP contribution is 2.18. The predicted octanol–water partition coefficient (Wildman–Crippen LogP) is 0.454. The molecule has 160 valence electrons. The largest absolute Gasteiger partial charge is 0.394 e. The number of benzene rings is 1. The lowest BCUT2D eigenvalue weighted by Crippen LogP contribution is -2.49. The van der Waals surface area contributed by atoms with Crippen LogP contribution in [0.15, 0.2) is 59.9 Å². The van der Waals surface area contributed by atoms with Crippen LogP contribution in [0, 0.1) is 6.92 Å². The second kappa shape index (κ2) is 9.90. The Kier molecular flexibility index (Phi) is 7.27. The van der Waals surface area contributed by atoms with Crippen LogP contribution in [0.4, 0.5) is 0 Å². The van der Waals surface area contributed by atoms with Gasteiger partial charge in [-0.25, -0.2) is 23.1 Å². The first kappa shape index (κ1) is 22.0. The van der Waals surface area contributed by atoms with Crippen LogP contribution in [0.25, 0.3) is 0 Å². The van der Waals surface area contributed by atoms with Gasteiger partial charge in [-0.15, -0.1) is 0 Å². The van der Waals surface area contributed by atoms with Crippen molar-refractivity contribution in [2.24, 2.45) is 0 Å². The third-order valence-electron chi connectivity index (χ3n) is 4.58. The summed E-state index contributed by atoms with van der Waals surface area (Å²) in [6.45, 7) is 1.73. The van der Waals surface area contributed by atoms with Crippen LogP contribution in [-0.2, 0) is 26.1 Å². The number of nitrogens with zero attached hydrogens (tertiary/aromatic N) is 2. The highest BCUT2D eigenvalue weighted by Gasteiger charge is 2.31. The van der Waals surface area contributed by atoms with Crippen LogP contribution in [-0.4, -0.2) is 54.3 Å². The zero-order chi connectivity index (χ0) is 21.6. The van der Waals surface area contributed by atoms with E-state index in [1.807, 2.05) is 6.92 Å². The van der Waals surface area contributed by atoms with Crippen molar-refractivity contribution < 1.29 is 23.1 Å². The minimum absolute atomic E-state index is 0.0372. The molecule has 3 atom stereocenters. The number of hydrogen-bond donors (Lipinski definition) is 3. The molecule has 0 saturated heterocycles. The molecule has 1 aromatic heterocycles. The number of aromatic nitrogens is 2. The predicted molar refractivity (Wildman–Crippen MR) is 109 cm³/mol. The topological polar surface area (TPSA) is 131 Å². The number of carbonyl (C=O) groups excluding carboxylic acids is 1. The van der Waals surface area contributed by atoms with Crippen LogP contribution >= 0.6 is 0 Å². The van der Waals surface area contributed by atoms with Gasteiger partial charge in [0.2, 0.25) is 15.9 Å². The van der Waals surface area contributed by atoms with Crippen molar-refractivity contribution in [3.8, 4) is 0 Å². The average molecular weight is 433 g/mol. The van der Waals surface area contributed by atoms with Crippen molar-refractivity contribution in [3.05, 3.63) is 66.3 Å². The maximum absolute atomic E-state index is 12.6. The van der Waals surface area contributed by atoms with E-state index in [9.17, 15) is 18.3 Å². The molecule has 0 saturated carbocycles. The molecule has 1 amide bonds. The molecule has 1 aliphatic heterocycles. The molecule has 3 N–H and O–H groups in total. The minimum atomic E-state index is -3.78. The zero-order valence-corrected chi connectivity index (χ0v) is 17.2. The smallest absolute Gasteiger partial charge is 0.241 e. The van der Waals surface area contributed by atoms with Gasteiger partial charge >= 0.3 is 0 Å². The first-order valence-corrected chi connectivity index (χ1v) is 10.9. The molecule has 9 nitrogen and oxygen atoms in total. The van der Waals surface area contributed by atoms with E-state index in [0.717, 1.165) is 5.56 Å². The van der Waals surface area contributed by atoms with Gasteiger partial charge in [0.15, 0.2) is 0 Å². The summed E-state index contributed by atoms with van der Waals surface area (Å²) in [4.78, 5) is 20.1. The van der Waals surface area contributed by atoms with Crippen LogP contribution in [0.2, 0.25) is 0 Å². The van der Waals surface area contributed by atoms with Gasteiger partial charge in [0.05, 0.1) is 42.3 Å². The number of aryl methyl sites for hydroxylation is 1. The van der Waals surface area contributed by atoms with Crippen molar-refractivity contribution >= 4 is 15.9 Å². The molecule has 0 unspecified atom stereocenters. The number of amides is 1. The summed E-state index contributed by atoms with van der Waals surface area (Å²) in [7, 11) is -3.78. The third-order valence-corrected chi connectivity index (χ3v) is 6.06. The van der Waals surface area contributed by atoms with E-state index in [-0.39, 0.29) is 23.8 Å². The lowest BCUT2D eigenvalue weighted by molar-refractivity contribution is -0.125. The maximum atomic E-state index is 12.6. The van der Waals surface area contributed by atoms with Gasteiger partial charge in [0.25, 0.3) is 0 Å². The average Bonchev–Trinajstić information content (AvgIpc) is 2.74. The first-order chi connectivity index (χ1) is 14.4. The van der Waals surface area contributed by atoms with Gasteiger partial charge in [-0.2, -0.15) is 0 Å². The molecule has 0 fully saturated rings. The molecule has 30 heavy (non-hydrogen) atoms. The molecule has 1 aromatic carbocycles. The summed E-state index contributed by atoms with van der Waals surface area (Å²) in [5.74, 6) is -0.251. The Balaban J connectivity index is 1.58. The third kappa shape index (κ3) is 5.92. The monoisotopic (exact) mass is 432 g/mol. The standard InChI is InChI=1S/C20H24N4O5S/c1-14-2-5-17(6-3-14)30(27,28)24-18-7-4-16(29-19(18)12-25)10-20(26)22-11-15-8-9-21-13-23-15/h2-9,13,16,18-19,24-25H,10-12H2,1H3,(H,22,26)/t16-,18-,19-/m1/s1. The van der Waals surface area contributed by atoms with Gasteiger partial charge in [-0.3, -0.25) is 4.79 Å². The second-order valence-electron chi connectivity index (χ2n) is 6.92. The van der Waals surface area contributed by atoms with E-state index < -0.39 is 34.9 Å². The Labute approximate surface area is 175 Å². The summed E-state index contributed by atoms with van der Waals surface area (Å²) in [5.41, 5.74) is 1.63. The van der Waals surface area contributed by atoms with Crippen molar-refractivity contribution in [2.75, 3.05) is 6.61 Å². The Bertz CT molecular complexity index is 980. The Morgan fingerprint density at radius 2 is 1.97 bits per heavy atom. The number of hydrogen-bond acceptors (Lipinski definition) is 7. The van der Waals surface area contributed by atoms with Gasteiger partial charge in [0, 0.05) is 6.20 Å². The molecule has 0 aliphatic carbocycles. The fraction of sp³-hybridized carbons (Fsp3) is 0.350. The molecule has 2 aromatic rings. The van der Waals surface area contributed by atoms with E-state index >= 15 is 0 Å². The molecule has 3 rings (SSSR count). The van der Waals surface area contributed by atoms with Gasteiger partial charge < -0.3 is 15.2 Å². The summed E-state index contributed by atoms with van der Waals surface area (Å²) in [5, 5.41) is 12.4. The summed E-state index contributed by atoms with van der Waals surface area (Å²) in [6, 6.07) is 7.40. The fourth-order valence-corrected chi connectivity index (χ4v) is 4.16. The molecule has 0 spiro atoms. The summed E-state index contributed by atoms with van der Waals surface area (Å²) >= 11 is 0. The van der Waals surface area contributed by atoms with E-state index in [1.54, 1.807) is 36.5 Å². The van der Waals surface area contributed by atoms with Crippen LogP contribution in [0.3, 0.4) is 0 Å². The van der Waals surface area contributed by atoms with E-state index in [1.165, 1.54) is 18.5 Å². The molecule has 10 heteroatoms. The number of aliphatic hydroxyl groups is 1. The normalized spacial score (nSPS) is 21.3. The van der Waals surface area contributed by atoms with Crippen LogP contribution in [0.5, 0.6) is 0 Å². The van der Waals surface area contributed by atoms with E-state index in [2.05, 4.69) is 20.0 Å². The maximum Gasteiger partial charge on any atom is 0.241 e. The molecular weight excluding hydrogens is 408 g/mol. The number of carbonyl (C=O) groups is 1. The minimum Gasteiger partial charge on any atom is -0.394 e. The summed E-state index contributed by atoms with van der Waals surface area (Å²) in [6.07, 6.45) is 4.87. The lowest BCUT2D eigenvalue weighted by atomic mass is 10.1. The molecule has 0 radical (unpaired) electrons. The van der Waals surface area contributed by atoms with Crippen LogP contribution in [0.1, 0.15) is 17.7 Å². The highest BCUT2D eigenvalue weighted by atomic mass is 32.2. The number of ether oxygens (including phenoxy) is 1.